The SMILES string of the molecule is CC1CCCN(S(=O)(=O)c2ccc(NC(=O)CCS(=O)(=O)Cc3ccccc3)cc2)C1. The quantitative estimate of drug-likeness (QED) is 0.647. The fraction of sp³-hybridized carbons (Fsp3) is 0.409. The Labute approximate surface area is 184 Å². The number of anilines is 1. The van der Waals surface area contributed by atoms with Crippen molar-refractivity contribution >= 4 is 31.5 Å². The molecule has 3 rings (SSSR count). The van der Waals surface area contributed by atoms with Crippen molar-refractivity contribution in [3.8, 4) is 0 Å². The molecule has 0 bridgehead atoms. The first-order chi connectivity index (χ1) is 14.7. The summed E-state index contributed by atoms with van der Waals surface area (Å²) >= 11 is 0. The molecule has 1 amide bonds. The maximum Gasteiger partial charge on any atom is 0.243 e. The molecule has 1 N–H and O–H groups in total. The van der Waals surface area contributed by atoms with E-state index in [-0.39, 0.29) is 22.8 Å². The lowest BCUT2D eigenvalue weighted by molar-refractivity contribution is -0.115. The molecule has 2 aromatic rings. The summed E-state index contributed by atoms with van der Waals surface area (Å²) in [5.74, 6) is -0.465. The maximum absolute atomic E-state index is 12.8. The van der Waals surface area contributed by atoms with Crippen LogP contribution >= 0.6 is 0 Å². The standard InChI is InChI=1S/C22H28N2O5S2/c1-18-6-5-14-24(16-18)31(28,29)21-11-9-20(10-12-21)23-22(25)13-15-30(26,27)17-19-7-3-2-4-8-19/h2-4,7-12,18H,5-6,13-17H2,1H3,(H,23,25). The van der Waals surface area contributed by atoms with Crippen molar-refractivity contribution in [2.75, 3.05) is 24.2 Å². The minimum atomic E-state index is -3.56. The molecular formula is C22H28N2O5S2. The van der Waals surface area contributed by atoms with Crippen molar-refractivity contribution in [3.63, 3.8) is 0 Å². The van der Waals surface area contributed by atoms with Gasteiger partial charge in [-0.05, 0) is 48.6 Å². The molecule has 1 unspecified atom stereocenters. The third-order valence-corrected chi connectivity index (χ3v) is 8.74. The van der Waals surface area contributed by atoms with Gasteiger partial charge in [-0.15, -0.1) is 0 Å². The molecule has 1 aliphatic rings. The summed E-state index contributed by atoms with van der Waals surface area (Å²) in [6.07, 6.45) is 1.71. The van der Waals surface area contributed by atoms with Gasteiger partial charge in [-0.1, -0.05) is 37.3 Å². The highest BCUT2D eigenvalue weighted by atomic mass is 32.2. The van der Waals surface area contributed by atoms with Crippen molar-refractivity contribution in [2.45, 2.75) is 36.8 Å². The number of carbonyl (C=O) groups is 1. The van der Waals surface area contributed by atoms with Gasteiger partial charge in [0.05, 0.1) is 16.4 Å². The summed E-state index contributed by atoms with van der Waals surface area (Å²) in [6, 6.07) is 14.8. The molecule has 2 aromatic carbocycles. The van der Waals surface area contributed by atoms with Crippen molar-refractivity contribution in [3.05, 3.63) is 60.2 Å². The number of carbonyl (C=O) groups excluding carboxylic acids is 1. The van der Waals surface area contributed by atoms with Crippen LogP contribution in [0.5, 0.6) is 0 Å². The Morgan fingerprint density at radius 2 is 1.71 bits per heavy atom. The number of nitrogens with zero attached hydrogens (tertiary/aromatic N) is 1. The molecule has 1 saturated heterocycles. The Morgan fingerprint density at radius 1 is 1.03 bits per heavy atom. The Morgan fingerprint density at radius 3 is 2.35 bits per heavy atom. The lowest BCUT2D eigenvalue weighted by atomic mass is 10.0. The van der Waals surface area contributed by atoms with Gasteiger partial charge < -0.3 is 5.32 Å². The van der Waals surface area contributed by atoms with E-state index in [1.54, 1.807) is 24.3 Å². The van der Waals surface area contributed by atoms with Gasteiger partial charge in [0.2, 0.25) is 15.9 Å². The minimum absolute atomic E-state index is 0.108. The van der Waals surface area contributed by atoms with Gasteiger partial charge in [0.15, 0.2) is 9.84 Å². The zero-order chi connectivity index (χ0) is 22.5. The van der Waals surface area contributed by atoms with Crippen molar-refractivity contribution in [1.29, 1.82) is 0 Å². The van der Waals surface area contributed by atoms with E-state index in [1.807, 2.05) is 13.0 Å². The van der Waals surface area contributed by atoms with E-state index in [0.717, 1.165) is 12.8 Å². The van der Waals surface area contributed by atoms with Gasteiger partial charge in [0.1, 0.15) is 0 Å². The van der Waals surface area contributed by atoms with Gasteiger partial charge >= 0.3 is 0 Å². The summed E-state index contributed by atoms with van der Waals surface area (Å²) in [4.78, 5) is 12.4. The van der Waals surface area contributed by atoms with E-state index in [1.165, 1.54) is 28.6 Å². The van der Waals surface area contributed by atoms with E-state index in [9.17, 15) is 21.6 Å². The first-order valence-electron chi connectivity index (χ1n) is 10.3. The molecule has 7 nitrogen and oxygen atoms in total. The second-order valence-electron chi connectivity index (χ2n) is 8.01. The summed E-state index contributed by atoms with van der Waals surface area (Å²) in [7, 11) is -6.97. The number of sulfone groups is 1. The first kappa shape index (κ1) is 23.4. The smallest absolute Gasteiger partial charge is 0.243 e. The highest BCUT2D eigenvalue weighted by Gasteiger charge is 2.28. The predicted octanol–water partition coefficient (Wildman–Crippen LogP) is 3.05. The second kappa shape index (κ2) is 9.93. The largest absolute Gasteiger partial charge is 0.326 e. The average Bonchev–Trinajstić information content (AvgIpc) is 2.73. The number of piperidine rings is 1. The first-order valence-corrected chi connectivity index (χ1v) is 13.6. The number of hydrogen-bond donors (Lipinski definition) is 1. The third-order valence-electron chi connectivity index (χ3n) is 5.27. The van der Waals surface area contributed by atoms with E-state index >= 15 is 0 Å². The van der Waals surface area contributed by atoms with E-state index in [2.05, 4.69) is 5.32 Å². The second-order valence-corrected chi connectivity index (χ2v) is 12.1. The van der Waals surface area contributed by atoms with Crippen LogP contribution in [0.25, 0.3) is 0 Å². The Kier molecular flexibility index (Phi) is 7.51. The molecule has 1 atom stereocenters. The average molecular weight is 465 g/mol. The van der Waals surface area contributed by atoms with Crippen molar-refractivity contribution < 1.29 is 21.6 Å². The molecule has 168 valence electrons. The highest BCUT2D eigenvalue weighted by molar-refractivity contribution is 7.90. The van der Waals surface area contributed by atoms with Gasteiger partial charge in [-0.3, -0.25) is 4.79 Å². The van der Waals surface area contributed by atoms with Crippen LogP contribution in [0.3, 0.4) is 0 Å². The van der Waals surface area contributed by atoms with Crippen LogP contribution in [-0.2, 0) is 30.4 Å². The molecule has 0 radical (unpaired) electrons. The summed E-state index contributed by atoms with van der Waals surface area (Å²) < 4.78 is 51.6. The molecule has 0 saturated carbocycles. The molecular weight excluding hydrogens is 436 g/mol. The topological polar surface area (TPSA) is 101 Å². The van der Waals surface area contributed by atoms with Crippen LogP contribution in [-0.4, -0.2) is 45.9 Å². The van der Waals surface area contributed by atoms with Gasteiger partial charge in [0, 0.05) is 25.2 Å². The van der Waals surface area contributed by atoms with E-state index in [4.69, 9.17) is 0 Å². The summed E-state index contributed by atoms with van der Waals surface area (Å²) in [5, 5.41) is 2.63. The molecule has 31 heavy (non-hydrogen) atoms. The predicted molar refractivity (Wildman–Crippen MR) is 121 cm³/mol. The van der Waals surface area contributed by atoms with Crippen LogP contribution in [0.1, 0.15) is 31.7 Å². The molecule has 0 aromatic heterocycles. The number of sulfonamides is 1. The van der Waals surface area contributed by atoms with E-state index < -0.39 is 25.8 Å². The van der Waals surface area contributed by atoms with Crippen LogP contribution in [0.15, 0.2) is 59.5 Å². The molecule has 0 spiro atoms. The lowest BCUT2D eigenvalue weighted by Gasteiger charge is -2.30. The fourth-order valence-electron chi connectivity index (χ4n) is 3.60. The lowest BCUT2D eigenvalue weighted by Crippen LogP contribution is -2.39. The molecule has 9 heteroatoms. The van der Waals surface area contributed by atoms with Crippen LogP contribution in [0, 0.1) is 5.92 Å². The van der Waals surface area contributed by atoms with Gasteiger partial charge in [-0.25, -0.2) is 16.8 Å². The number of hydrogen-bond acceptors (Lipinski definition) is 5. The zero-order valence-corrected chi connectivity index (χ0v) is 19.2. The molecule has 1 fully saturated rings. The Balaban J connectivity index is 1.55. The minimum Gasteiger partial charge on any atom is -0.326 e. The maximum atomic E-state index is 12.8. The third kappa shape index (κ3) is 6.62. The van der Waals surface area contributed by atoms with Crippen molar-refractivity contribution in [1.82, 2.24) is 4.31 Å². The fourth-order valence-corrected chi connectivity index (χ4v) is 6.54. The highest BCUT2D eigenvalue weighted by Crippen LogP contribution is 2.24. The van der Waals surface area contributed by atoms with Crippen molar-refractivity contribution in [2.24, 2.45) is 5.92 Å². The number of rotatable bonds is 8. The normalized spacial score (nSPS) is 17.9. The summed E-state index contributed by atoms with van der Waals surface area (Å²) in [5.41, 5.74) is 1.11. The Hall–Kier alpha value is -2.23. The van der Waals surface area contributed by atoms with E-state index in [0.29, 0.717) is 30.3 Å². The Bertz CT molecular complexity index is 1100. The van der Waals surface area contributed by atoms with Crippen LogP contribution < -0.4 is 5.32 Å². The van der Waals surface area contributed by atoms with Crippen LogP contribution in [0.2, 0.25) is 0 Å². The number of nitrogens with one attached hydrogen (secondary N) is 1. The van der Waals surface area contributed by atoms with Gasteiger partial charge in [-0.2, -0.15) is 4.31 Å². The van der Waals surface area contributed by atoms with Crippen LogP contribution in [0.4, 0.5) is 5.69 Å². The summed E-state index contributed by atoms with van der Waals surface area (Å²) in [6.45, 7) is 3.07. The van der Waals surface area contributed by atoms with Gasteiger partial charge in [0.25, 0.3) is 0 Å². The zero-order valence-electron chi connectivity index (χ0n) is 17.5. The molecule has 0 aliphatic carbocycles. The number of benzene rings is 2. The molecule has 1 heterocycles. The monoisotopic (exact) mass is 464 g/mol. The number of amides is 1. The molecule has 1 aliphatic heterocycles.